The molecule has 1 aliphatic rings. The average molecular weight is 281 g/mol. The quantitative estimate of drug-likeness (QED) is 0.421. The Kier molecular flexibility index (Phi) is 6.61. The lowest BCUT2D eigenvalue weighted by molar-refractivity contribution is -0.126. The van der Waals surface area contributed by atoms with Gasteiger partial charge in [0, 0.05) is 38.4 Å². The standard InChI is InChI=1S/C13H19N3O4/c1-20-7-5-15-11(9-17)8-16-6-4-10(13(14)19)2-3-12(16)18/h2-4,9,11,15H,5-8H2,1H3,(H2,14,19). The summed E-state index contributed by atoms with van der Waals surface area (Å²) in [4.78, 5) is 35.4. The number of primary amides is 1. The zero-order valence-corrected chi connectivity index (χ0v) is 11.4. The first-order valence-corrected chi connectivity index (χ1v) is 6.23. The largest absolute Gasteiger partial charge is 0.383 e. The fourth-order valence-corrected chi connectivity index (χ4v) is 1.72. The summed E-state index contributed by atoms with van der Waals surface area (Å²) in [6, 6.07) is -0.481. The number of rotatable bonds is 8. The zero-order chi connectivity index (χ0) is 15.0. The Morgan fingerprint density at radius 2 is 2.35 bits per heavy atom. The number of hydrogen-bond acceptors (Lipinski definition) is 5. The first kappa shape index (κ1) is 16.1. The first-order chi connectivity index (χ1) is 9.58. The molecule has 20 heavy (non-hydrogen) atoms. The number of ether oxygens (including phenoxy) is 1. The van der Waals surface area contributed by atoms with E-state index in [1.165, 1.54) is 17.1 Å². The summed E-state index contributed by atoms with van der Waals surface area (Å²) in [6.07, 6.45) is 4.98. The number of aldehydes is 1. The molecule has 1 rings (SSSR count). The number of carbonyl (C=O) groups excluding carboxylic acids is 3. The minimum absolute atomic E-state index is 0.221. The topological polar surface area (TPSA) is 102 Å². The molecule has 7 nitrogen and oxygen atoms in total. The number of methoxy groups -OCH3 is 1. The number of hydrogen-bond donors (Lipinski definition) is 2. The van der Waals surface area contributed by atoms with E-state index < -0.39 is 11.9 Å². The van der Waals surface area contributed by atoms with Crippen molar-refractivity contribution in [3.05, 3.63) is 23.8 Å². The highest BCUT2D eigenvalue weighted by Crippen LogP contribution is 2.05. The molecule has 0 fully saturated rings. The van der Waals surface area contributed by atoms with Crippen LogP contribution in [0.4, 0.5) is 0 Å². The second-order valence-electron chi connectivity index (χ2n) is 4.29. The van der Waals surface area contributed by atoms with Crippen molar-refractivity contribution in [2.45, 2.75) is 6.04 Å². The second kappa shape index (κ2) is 8.23. The van der Waals surface area contributed by atoms with Gasteiger partial charge in [0.15, 0.2) is 0 Å². The third kappa shape index (κ3) is 4.94. The van der Waals surface area contributed by atoms with E-state index in [0.29, 0.717) is 13.2 Å². The Bertz CT molecular complexity index is 431. The molecular weight excluding hydrogens is 262 g/mol. The van der Waals surface area contributed by atoms with Crippen molar-refractivity contribution < 1.29 is 19.1 Å². The van der Waals surface area contributed by atoms with Gasteiger partial charge in [-0.15, -0.1) is 0 Å². The van der Waals surface area contributed by atoms with Crippen LogP contribution >= 0.6 is 0 Å². The van der Waals surface area contributed by atoms with E-state index in [4.69, 9.17) is 10.5 Å². The van der Waals surface area contributed by atoms with Crippen molar-refractivity contribution in [3.8, 4) is 0 Å². The van der Waals surface area contributed by atoms with Crippen LogP contribution in [0.5, 0.6) is 0 Å². The molecule has 0 saturated heterocycles. The van der Waals surface area contributed by atoms with Gasteiger partial charge in [0.2, 0.25) is 11.8 Å². The number of nitrogens with two attached hydrogens (primary N) is 1. The van der Waals surface area contributed by atoms with Crippen LogP contribution in [-0.4, -0.2) is 62.4 Å². The van der Waals surface area contributed by atoms with Crippen LogP contribution in [0.1, 0.15) is 0 Å². The minimum atomic E-state index is -0.582. The van der Waals surface area contributed by atoms with Crippen molar-refractivity contribution in [2.24, 2.45) is 5.73 Å². The van der Waals surface area contributed by atoms with Gasteiger partial charge in [-0.2, -0.15) is 0 Å². The van der Waals surface area contributed by atoms with E-state index in [-0.39, 0.29) is 24.6 Å². The summed E-state index contributed by atoms with van der Waals surface area (Å²) in [5.74, 6) is -0.848. The number of amides is 2. The van der Waals surface area contributed by atoms with E-state index in [9.17, 15) is 14.4 Å². The van der Waals surface area contributed by atoms with Crippen molar-refractivity contribution in [1.29, 1.82) is 0 Å². The van der Waals surface area contributed by atoms with Crippen LogP contribution in [-0.2, 0) is 19.1 Å². The van der Waals surface area contributed by atoms with Gasteiger partial charge < -0.3 is 25.5 Å². The van der Waals surface area contributed by atoms with E-state index in [1.54, 1.807) is 13.2 Å². The van der Waals surface area contributed by atoms with E-state index in [0.717, 1.165) is 6.29 Å². The van der Waals surface area contributed by atoms with Crippen molar-refractivity contribution in [3.63, 3.8) is 0 Å². The normalized spacial score (nSPS) is 16.6. The lowest BCUT2D eigenvalue weighted by Gasteiger charge is -2.23. The number of nitrogens with one attached hydrogen (secondary N) is 1. The lowest BCUT2D eigenvalue weighted by atomic mass is 10.2. The number of carbonyl (C=O) groups is 3. The van der Waals surface area contributed by atoms with Crippen LogP contribution in [0.15, 0.2) is 23.8 Å². The van der Waals surface area contributed by atoms with E-state index >= 15 is 0 Å². The summed E-state index contributed by atoms with van der Waals surface area (Å²) in [5, 5.41) is 2.97. The molecule has 0 aromatic heterocycles. The SMILES string of the molecule is COCCNC(C=O)CN1CC=C(C(N)=O)C=CC1=O. The third-order valence-corrected chi connectivity index (χ3v) is 2.83. The molecule has 0 saturated carbocycles. The van der Waals surface area contributed by atoms with Gasteiger partial charge >= 0.3 is 0 Å². The summed E-state index contributed by atoms with van der Waals surface area (Å²) in [5.41, 5.74) is 5.45. The van der Waals surface area contributed by atoms with Gasteiger partial charge in [-0.3, -0.25) is 9.59 Å². The Hall–Kier alpha value is -1.99. The molecule has 2 amide bonds. The molecule has 0 aliphatic carbocycles. The second-order valence-corrected chi connectivity index (χ2v) is 4.29. The van der Waals surface area contributed by atoms with Crippen molar-refractivity contribution >= 4 is 18.1 Å². The van der Waals surface area contributed by atoms with E-state index in [2.05, 4.69) is 5.32 Å². The molecule has 0 spiro atoms. The van der Waals surface area contributed by atoms with Crippen molar-refractivity contribution in [1.82, 2.24) is 10.2 Å². The Morgan fingerprint density at radius 1 is 1.60 bits per heavy atom. The lowest BCUT2D eigenvalue weighted by Crippen LogP contribution is -2.45. The van der Waals surface area contributed by atoms with Crippen molar-refractivity contribution in [2.75, 3.05) is 33.4 Å². The highest BCUT2D eigenvalue weighted by Gasteiger charge is 2.18. The molecule has 110 valence electrons. The summed E-state index contributed by atoms with van der Waals surface area (Å²) >= 11 is 0. The molecular formula is C13H19N3O4. The molecule has 0 aromatic carbocycles. The van der Waals surface area contributed by atoms with Crippen LogP contribution in [0.2, 0.25) is 0 Å². The summed E-state index contributed by atoms with van der Waals surface area (Å²) in [6.45, 7) is 1.45. The molecule has 0 radical (unpaired) electrons. The predicted octanol–water partition coefficient (Wildman–Crippen LogP) is -1.40. The van der Waals surface area contributed by atoms with Crippen LogP contribution in [0.25, 0.3) is 0 Å². The highest BCUT2D eigenvalue weighted by molar-refractivity contribution is 5.98. The Balaban J connectivity index is 2.61. The monoisotopic (exact) mass is 281 g/mol. The van der Waals surface area contributed by atoms with Crippen LogP contribution in [0, 0.1) is 0 Å². The molecule has 3 N–H and O–H groups in total. The summed E-state index contributed by atoms with van der Waals surface area (Å²) in [7, 11) is 1.57. The molecule has 0 aromatic rings. The summed E-state index contributed by atoms with van der Waals surface area (Å²) < 4.78 is 4.88. The Labute approximate surface area is 117 Å². The van der Waals surface area contributed by atoms with Gasteiger partial charge in [0.05, 0.1) is 12.6 Å². The molecule has 1 atom stereocenters. The van der Waals surface area contributed by atoms with E-state index in [1.807, 2.05) is 0 Å². The molecule has 1 aliphatic heterocycles. The first-order valence-electron chi connectivity index (χ1n) is 6.23. The molecule has 1 unspecified atom stereocenters. The van der Waals surface area contributed by atoms with Gasteiger partial charge in [0.25, 0.3) is 0 Å². The van der Waals surface area contributed by atoms with Crippen LogP contribution in [0.3, 0.4) is 0 Å². The van der Waals surface area contributed by atoms with Gasteiger partial charge in [-0.05, 0) is 6.08 Å². The maximum Gasteiger partial charge on any atom is 0.248 e. The highest BCUT2D eigenvalue weighted by atomic mass is 16.5. The van der Waals surface area contributed by atoms with Gasteiger partial charge in [-0.1, -0.05) is 6.08 Å². The smallest absolute Gasteiger partial charge is 0.248 e. The fraction of sp³-hybridized carbons (Fsp3) is 0.462. The zero-order valence-electron chi connectivity index (χ0n) is 11.4. The minimum Gasteiger partial charge on any atom is -0.383 e. The average Bonchev–Trinajstić information content (AvgIpc) is 2.60. The van der Waals surface area contributed by atoms with Gasteiger partial charge in [0.1, 0.15) is 6.29 Å². The predicted molar refractivity (Wildman–Crippen MR) is 72.7 cm³/mol. The third-order valence-electron chi connectivity index (χ3n) is 2.83. The molecule has 0 bridgehead atoms. The van der Waals surface area contributed by atoms with Gasteiger partial charge in [-0.25, -0.2) is 0 Å². The molecule has 1 heterocycles. The fourth-order valence-electron chi connectivity index (χ4n) is 1.72. The number of nitrogens with zero attached hydrogens (tertiary/aromatic N) is 1. The van der Waals surface area contributed by atoms with Crippen LogP contribution < -0.4 is 11.1 Å². The maximum absolute atomic E-state index is 11.8. The Morgan fingerprint density at radius 3 is 2.95 bits per heavy atom. The molecule has 7 heteroatoms. The maximum atomic E-state index is 11.8.